The number of likely N-dealkylation sites (tertiary alicyclic amines) is 1. The van der Waals surface area contributed by atoms with Crippen molar-refractivity contribution in [2.45, 2.75) is 18.8 Å². The third-order valence-electron chi connectivity index (χ3n) is 3.51. The first kappa shape index (κ1) is 10.8. The zero-order chi connectivity index (χ0) is 11.1. The maximum absolute atomic E-state index is 13.4. The van der Waals surface area contributed by atoms with E-state index in [9.17, 15) is 13.6 Å². The first-order chi connectivity index (χ1) is 7.04. The maximum Gasteiger partial charge on any atom is 0.252 e. The second-order valence-corrected chi connectivity index (χ2v) is 4.50. The molecule has 1 saturated carbocycles. The zero-order valence-electron chi connectivity index (χ0n) is 8.80. The van der Waals surface area contributed by atoms with Crippen LogP contribution >= 0.6 is 0 Å². The number of hydrogen-bond acceptors (Lipinski definition) is 2. The van der Waals surface area contributed by atoms with Crippen LogP contribution in [0.15, 0.2) is 0 Å². The Kier molecular flexibility index (Phi) is 2.66. The standard InChI is InChI=1S/C10H16F2N2O/c1-13-4-9(15)14-5-7-2-3-10(11,12)8(7)6-14/h7-8,13H,2-6H2,1H3/t7-,8-/m1/s1. The fourth-order valence-corrected chi connectivity index (χ4v) is 2.67. The minimum absolute atomic E-state index is 0.00358. The van der Waals surface area contributed by atoms with Gasteiger partial charge in [-0.3, -0.25) is 4.79 Å². The molecule has 0 radical (unpaired) electrons. The van der Waals surface area contributed by atoms with Gasteiger partial charge >= 0.3 is 0 Å². The average Bonchev–Trinajstić information content (AvgIpc) is 2.68. The van der Waals surface area contributed by atoms with E-state index < -0.39 is 11.8 Å². The van der Waals surface area contributed by atoms with E-state index in [0.29, 0.717) is 13.0 Å². The lowest BCUT2D eigenvalue weighted by Gasteiger charge is -2.20. The van der Waals surface area contributed by atoms with Crippen LogP contribution in [0.2, 0.25) is 0 Å². The molecule has 2 rings (SSSR count). The molecule has 86 valence electrons. The van der Waals surface area contributed by atoms with Gasteiger partial charge in [-0.1, -0.05) is 0 Å². The number of fused-ring (bicyclic) bond motifs is 1. The van der Waals surface area contributed by atoms with Gasteiger partial charge in [0.05, 0.1) is 6.54 Å². The summed E-state index contributed by atoms with van der Waals surface area (Å²) < 4.78 is 26.7. The molecule has 2 aliphatic rings. The molecule has 1 saturated heterocycles. The van der Waals surface area contributed by atoms with E-state index in [1.54, 1.807) is 11.9 Å². The number of alkyl halides is 2. The average molecular weight is 218 g/mol. The number of hydrogen-bond donors (Lipinski definition) is 1. The number of rotatable bonds is 2. The Morgan fingerprint density at radius 3 is 2.87 bits per heavy atom. The van der Waals surface area contributed by atoms with E-state index in [1.807, 2.05) is 0 Å². The van der Waals surface area contributed by atoms with Crippen LogP contribution in [-0.2, 0) is 4.79 Å². The lowest BCUT2D eigenvalue weighted by Crippen LogP contribution is -2.37. The van der Waals surface area contributed by atoms with Crippen molar-refractivity contribution in [1.29, 1.82) is 0 Å². The molecule has 1 aliphatic carbocycles. The second kappa shape index (κ2) is 3.70. The van der Waals surface area contributed by atoms with E-state index in [4.69, 9.17) is 0 Å². The van der Waals surface area contributed by atoms with E-state index >= 15 is 0 Å². The molecule has 0 aromatic heterocycles. The predicted octanol–water partition coefficient (Wildman–Crippen LogP) is 0.709. The fraction of sp³-hybridized carbons (Fsp3) is 0.900. The molecule has 0 spiro atoms. The Hall–Kier alpha value is -0.710. The van der Waals surface area contributed by atoms with Crippen LogP contribution in [0.4, 0.5) is 8.78 Å². The number of nitrogens with zero attached hydrogens (tertiary/aromatic N) is 1. The van der Waals surface area contributed by atoms with Crippen LogP contribution in [0.25, 0.3) is 0 Å². The van der Waals surface area contributed by atoms with Crippen LogP contribution in [0.5, 0.6) is 0 Å². The molecule has 2 fully saturated rings. The lowest BCUT2D eigenvalue weighted by molar-refractivity contribution is -0.130. The molecule has 0 bridgehead atoms. The summed E-state index contributed by atoms with van der Waals surface area (Å²) in [7, 11) is 1.68. The largest absolute Gasteiger partial charge is 0.341 e. The Bertz CT molecular complexity index is 270. The molecule has 1 N–H and O–H groups in total. The highest BCUT2D eigenvalue weighted by molar-refractivity contribution is 5.78. The van der Waals surface area contributed by atoms with Crippen molar-refractivity contribution in [1.82, 2.24) is 10.2 Å². The molecule has 0 aromatic rings. The van der Waals surface area contributed by atoms with Gasteiger partial charge in [-0.25, -0.2) is 8.78 Å². The van der Waals surface area contributed by atoms with E-state index in [0.717, 1.165) is 0 Å². The Morgan fingerprint density at radius 2 is 2.27 bits per heavy atom. The lowest BCUT2D eigenvalue weighted by atomic mass is 9.99. The summed E-state index contributed by atoms with van der Waals surface area (Å²) in [6.45, 7) is 0.990. The van der Waals surface area contributed by atoms with Gasteiger partial charge in [0.15, 0.2) is 0 Å². The van der Waals surface area contributed by atoms with Crippen molar-refractivity contribution < 1.29 is 13.6 Å². The van der Waals surface area contributed by atoms with Crippen LogP contribution in [0.3, 0.4) is 0 Å². The molecule has 1 aliphatic heterocycles. The van der Waals surface area contributed by atoms with Gasteiger partial charge in [0, 0.05) is 25.4 Å². The number of amides is 1. The Balaban J connectivity index is 1.98. The monoisotopic (exact) mass is 218 g/mol. The van der Waals surface area contributed by atoms with E-state index in [2.05, 4.69) is 5.32 Å². The quantitative estimate of drug-likeness (QED) is 0.740. The molecule has 1 heterocycles. The van der Waals surface area contributed by atoms with E-state index in [-0.39, 0.29) is 31.3 Å². The van der Waals surface area contributed by atoms with Gasteiger partial charge in [0.25, 0.3) is 5.92 Å². The third-order valence-corrected chi connectivity index (χ3v) is 3.51. The Labute approximate surface area is 87.8 Å². The highest BCUT2D eigenvalue weighted by Gasteiger charge is 2.54. The van der Waals surface area contributed by atoms with Gasteiger partial charge in [-0.05, 0) is 19.4 Å². The summed E-state index contributed by atoms with van der Waals surface area (Å²) in [5.74, 6) is -3.21. The van der Waals surface area contributed by atoms with Gasteiger partial charge in [-0.15, -0.1) is 0 Å². The number of halogens is 2. The number of carbonyl (C=O) groups is 1. The third kappa shape index (κ3) is 1.85. The SMILES string of the molecule is CNCC(=O)N1C[C@H]2CCC(F)(F)[C@@H]2C1. The molecular weight excluding hydrogens is 202 g/mol. The van der Waals surface area contributed by atoms with E-state index in [1.165, 1.54) is 0 Å². The zero-order valence-corrected chi connectivity index (χ0v) is 8.80. The molecule has 15 heavy (non-hydrogen) atoms. The summed E-state index contributed by atoms with van der Waals surface area (Å²) in [5.41, 5.74) is 0. The molecule has 3 nitrogen and oxygen atoms in total. The van der Waals surface area contributed by atoms with Crippen molar-refractivity contribution in [3.8, 4) is 0 Å². The normalized spacial score (nSPS) is 33.1. The summed E-state index contributed by atoms with van der Waals surface area (Å²) in [6.07, 6.45) is 0.553. The maximum atomic E-state index is 13.4. The smallest absolute Gasteiger partial charge is 0.252 e. The topological polar surface area (TPSA) is 32.3 Å². The second-order valence-electron chi connectivity index (χ2n) is 4.50. The molecule has 5 heteroatoms. The van der Waals surface area contributed by atoms with Gasteiger partial charge < -0.3 is 10.2 Å². The number of nitrogens with one attached hydrogen (secondary N) is 1. The summed E-state index contributed by atoms with van der Waals surface area (Å²) in [5, 5.41) is 2.75. The van der Waals surface area contributed by atoms with Crippen LogP contribution < -0.4 is 5.32 Å². The Morgan fingerprint density at radius 1 is 1.53 bits per heavy atom. The molecule has 1 amide bonds. The molecule has 0 unspecified atom stereocenters. The van der Waals surface area contributed by atoms with Crippen molar-refractivity contribution >= 4 is 5.91 Å². The van der Waals surface area contributed by atoms with Gasteiger partial charge in [0.1, 0.15) is 0 Å². The molecule has 0 aromatic carbocycles. The van der Waals surface area contributed by atoms with Crippen LogP contribution in [0, 0.1) is 11.8 Å². The summed E-state index contributed by atoms with van der Waals surface area (Å²) in [6, 6.07) is 0. The van der Waals surface area contributed by atoms with Crippen LogP contribution in [-0.4, -0.2) is 43.4 Å². The fourth-order valence-electron chi connectivity index (χ4n) is 2.67. The predicted molar refractivity (Wildman–Crippen MR) is 51.7 cm³/mol. The molecule has 2 atom stereocenters. The van der Waals surface area contributed by atoms with Crippen molar-refractivity contribution in [3.63, 3.8) is 0 Å². The highest BCUT2D eigenvalue weighted by atomic mass is 19.3. The van der Waals surface area contributed by atoms with Crippen molar-refractivity contribution in [2.24, 2.45) is 11.8 Å². The molecular formula is C10H16F2N2O. The van der Waals surface area contributed by atoms with Crippen molar-refractivity contribution in [3.05, 3.63) is 0 Å². The summed E-state index contributed by atoms with van der Waals surface area (Å²) in [4.78, 5) is 13.1. The number of likely N-dealkylation sites (N-methyl/N-ethyl adjacent to an activating group) is 1. The highest BCUT2D eigenvalue weighted by Crippen LogP contribution is 2.48. The van der Waals surface area contributed by atoms with Gasteiger partial charge in [-0.2, -0.15) is 0 Å². The summed E-state index contributed by atoms with van der Waals surface area (Å²) >= 11 is 0. The van der Waals surface area contributed by atoms with Crippen molar-refractivity contribution in [2.75, 3.05) is 26.7 Å². The number of carbonyl (C=O) groups excluding carboxylic acids is 1. The first-order valence-electron chi connectivity index (χ1n) is 5.35. The van der Waals surface area contributed by atoms with Gasteiger partial charge in [0.2, 0.25) is 5.91 Å². The minimum atomic E-state index is -2.56. The first-order valence-corrected chi connectivity index (χ1v) is 5.35. The van der Waals surface area contributed by atoms with Crippen LogP contribution in [0.1, 0.15) is 12.8 Å². The minimum Gasteiger partial charge on any atom is -0.341 e.